The summed E-state index contributed by atoms with van der Waals surface area (Å²) < 4.78 is 5.77. The van der Waals surface area contributed by atoms with Gasteiger partial charge in [-0.1, -0.05) is 18.2 Å². The molecule has 0 radical (unpaired) electrons. The maximum Gasteiger partial charge on any atom is 0.122 e. The lowest BCUT2D eigenvalue weighted by molar-refractivity contribution is 0.199. The topological polar surface area (TPSA) is 53.2 Å². The normalized spacial score (nSPS) is 11.7. The minimum Gasteiger partial charge on any atom is -0.489 e. The molecule has 1 atom stereocenters. The zero-order chi connectivity index (χ0) is 14.5. The van der Waals surface area contributed by atoms with Crippen LogP contribution in [0, 0.1) is 18.3 Å². The second-order valence-corrected chi connectivity index (χ2v) is 4.80. The van der Waals surface area contributed by atoms with Crippen molar-refractivity contribution >= 4 is 0 Å². The average Bonchev–Trinajstić information content (AvgIpc) is 2.46. The van der Waals surface area contributed by atoms with Gasteiger partial charge in [0.1, 0.15) is 12.4 Å². The van der Waals surface area contributed by atoms with Gasteiger partial charge in [-0.25, -0.2) is 0 Å². The molecule has 0 aliphatic rings. The van der Waals surface area contributed by atoms with Crippen molar-refractivity contribution in [2.45, 2.75) is 26.6 Å². The van der Waals surface area contributed by atoms with E-state index in [1.54, 1.807) is 19.1 Å². The van der Waals surface area contributed by atoms with Crippen LogP contribution in [-0.4, -0.2) is 5.11 Å². The Labute approximate surface area is 119 Å². The molecule has 0 amide bonds. The number of aryl methyl sites for hydroxylation is 1. The summed E-state index contributed by atoms with van der Waals surface area (Å²) in [6, 6.07) is 15.1. The largest absolute Gasteiger partial charge is 0.489 e. The molecule has 20 heavy (non-hydrogen) atoms. The molecule has 0 bridgehead atoms. The van der Waals surface area contributed by atoms with Crippen molar-refractivity contribution in [3.63, 3.8) is 0 Å². The Balaban J connectivity index is 2.05. The van der Waals surface area contributed by atoms with Gasteiger partial charge in [0, 0.05) is 0 Å². The summed E-state index contributed by atoms with van der Waals surface area (Å²) in [5.74, 6) is 0.804. The van der Waals surface area contributed by atoms with Crippen LogP contribution < -0.4 is 4.74 Å². The molecule has 2 rings (SSSR count). The summed E-state index contributed by atoms with van der Waals surface area (Å²) in [6.45, 7) is 4.16. The van der Waals surface area contributed by atoms with Gasteiger partial charge in [-0.05, 0) is 54.8 Å². The van der Waals surface area contributed by atoms with Crippen molar-refractivity contribution in [2.24, 2.45) is 0 Å². The predicted octanol–water partition coefficient (Wildman–Crippen LogP) is 3.50. The lowest BCUT2D eigenvalue weighted by Gasteiger charge is -2.12. The van der Waals surface area contributed by atoms with Gasteiger partial charge in [0.05, 0.1) is 17.7 Å². The van der Waals surface area contributed by atoms with Crippen LogP contribution in [0.3, 0.4) is 0 Å². The van der Waals surface area contributed by atoms with E-state index in [4.69, 9.17) is 10.00 Å². The summed E-state index contributed by atoms with van der Waals surface area (Å²) in [4.78, 5) is 0. The number of nitrogens with zero attached hydrogens (tertiary/aromatic N) is 1. The van der Waals surface area contributed by atoms with Crippen molar-refractivity contribution in [1.82, 2.24) is 0 Å². The van der Waals surface area contributed by atoms with Crippen LogP contribution >= 0.6 is 0 Å². The fourth-order valence-corrected chi connectivity index (χ4v) is 1.93. The minimum atomic E-state index is -0.471. The molecule has 0 spiro atoms. The molecule has 102 valence electrons. The van der Waals surface area contributed by atoms with Gasteiger partial charge in [-0.3, -0.25) is 0 Å². The highest BCUT2D eigenvalue weighted by atomic mass is 16.5. The van der Waals surface area contributed by atoms with Crippen LogP contribution in [0.4, 0.5) is 0 Å². The number of benzene rings is 2. The zero-order valence-corrected chi connectivity index (χ0v) is 11.6. The van der Waals surface area contributed by atoms with E-state index in [0.29, 0.717) is 12.2 Å². The first-order valence-corrected chi connectivity index (χ1v) is 6.50. The van der Waals surface area contributed by atoms with Gasteiger partial charge in [0.25, 0.3) is 0 Å². The third-order valence-electron chi connectivity index (χ3n) is 3.16. The van der Waals surface area contributed by atoms with Crippen molar-refractivity contribution in [3.8, 4) is 11.8 Å². The number of hydrogen-bond acceptors (Lipinski definition) is 3. The molecule has 2 aromatic carbocycles. The molecule has 0 fully saturated rings. The summed E-state index contributed by atoms with van der Waals surface area (Å²) in [6.07, 6.45) is -0.471. The summed E-state index contributed by atoms with van der Waals surface area (Å²) >= 11 is 0. The second-order valence-electron chi connectivity index (χ2n) is 4.80. The van der Waals surface area contributed by atoms with Crippen molar-refractivity contribution in [2.75, 3.05) is 0 Å². The van der Waals surface area contributed by atoms with E-state index in [0.717, 1.165) is 22.4 Å². The third-order valence-corrected chi connectivity index (χ3v) is 3.16. The minimum absolute atomic E-state index is 0.459. The Hall–Kier alpha value is -2.31. The molecular weight excluding hydrogens is 250 g/mol. The molecule has 0 aliphatic heterocycles. The lowest BCUT2D eigenvalue weighted by Crippen LogP contribution is -1.99. The summed E-state index contributed by atoms with van der Waals surface area (Å²) in [5.41, 5.74) is 3.54. The zero-order valence-electron chi connectivity index (χ0n) is 11.6. The van der Waals surface area contributed by atoms with Crippen LogP contribution in [0.15, 0.2) is 42.5 Å². The van der Waals surface area contributed by atoms with Crippen LogP contribution in [-0.2, 0) is 6.61 Å². The van der Waals surface area contributed by atoms with Crippen molar-refractivity contribution in [3.05, 3.63) is 64.7 Å². The molecular formula is C17H17NO2. The van der Waals surface area contributed by atoms with Gasteiger partial charge in [-0.15, -0.1) is 0 Å². The second kappa shape index (κ2) is 6.23. The molecule has 1 N–H and O–H groups in total. The monoisotopic (exact) mass is 267 g/mol. The number of rotatable bonds is 4. The first kappa shape index (κ1) is 14.1. The maximum atomic E-state index is 9.53. The van der Waals surface area contributed by atoms with Gasteiger partial charge in [-0.2, -0.15) is 5.26 Å². The molecule has 1 unspecified atom stereocenters. The fourth-order valence-electron chi connectivity index (χ4n) is 1.93. The molecule has 2 aromatic rings. The van der Waals surface area contributed by atoms with Gasteiger partial charge in [0.2, 0.25) is 0 Å². The number of aliphatic hydroxyl groups excluding tert-OH is 1. The Kier molecular flexibility index (Phi) is 4.39. The highest BCUT2D eigenvalue weighted by Gasteiger charge is 2.05. The molecule has 0 aliphatic carbocycles. The Morgan fingerprint density at radius 3 is 2.45 bits per heavy atom. The quantitative estimate of drug-likeness (QED) is 0.922. The summed E-state index contributed by atoms with van der Waals surface area (Å²) in [5, 5.41) is 18.3. The highest BCUT2D eigenvalue weighted by Crippen LogP contribution is 2.23. The predicted molar refractivity (Wildman–Crippen MR) is 77.3 cm³/mol. The van der Waals surface area contributed by atoms with E-state index in [1.165, 1.54) is 0 Å². The third kappa shape index (κ3) is 3.37. The van der Waals surface area contributed by atoms with E-state index in [1.807, 2.05) is 37.3 Å². The van der Waals surface area contributed by atoms with E-state index < -0.39 is 6.10 Å². The van der Waals surface area contributed by atoms with E-state index in [2.05, 4.69) is 6.07 Å². The van der Waals surface area contributed by atoms with E-state index >= 15 is 0 Å². The van der Waals surface area contributed by atoms with Crippen LogP contribution in [0.25, 0.3) is 0 Å². The van der Waals surface area contributed by atoms with Crippen LogP contribution in [0.5, 0.6) is 5.75 Å². The average molecular weight is 267 g/mol. The first-order valence-electron chi connectivity index (χ1n) is 6.50. The summed E-state index contributed by atoms with van der Waals surface area (Å²) in [7, 11) is 0. The molecule has 3 nitrogen and oxygen atoms in total. The Morgan fingerprint density at radius 1 is 1.20 bits per heavy atom. The standard InChI is InChI=1S/C17H17NO2/c1-12-9-16(13(2)19)7-8-17(12)20-11-15-5-3-14(10-18)4-6-15/h3-9,13,19H,11H2,1-2H3. The van der Waals surface area contributed by atoms with Crippen LogP contribution in [0.2, 0.25) is 0 Å². The SMILES string of the molecule is Cc1cc(C(C)O)ccc1OCc1ccc(C#N)cc1. The smallest absolute Gasteiger partial charge is 0.122 e. The molecule has 0 saturated heterocycles. The van der Waals surface area contributed by atoms with E-state index in [-0.39, 0.29) is 0 Å². The van der Waals surface area contributed by atoms with Crippen molar-refractivity contribution < 1.29 is 9.84 Å². The molecule has 0 heterocycles. The lowest BCUT2D eigenvalue weighted by atomic mass is 10.1. The van der Waals surface area contributed by atoms with E-state index in [9.17, 15) is 5.11 Å². The fraction of sp³-hybridized carbons (Fsp3) is 0.235. The number of ether oxygens (including phenoxy) is 1. The molecule has 0 aromatic heterocycles. The number of hydrogen-bond donors (Lipinski definition) is 1. The van der Waals surface area contributed by atoms with Crippen molar-refractivity contribution in [1.29, 1.82) is 5.26 Å². The van der Waals surface area contributed by atoms with Gasteiger partial charge in [0.15, 0.2) is 0 Å². The number of nitriles is 1. The Morgan fingerprint density at radius 2 is 1.90 bits per heavy atom. The Bertz CT molecular complexity index is 624. The highest BCUT2D eigenvalue weighted by molar-refractivity contribution is 5.37. The van der Waals surface area contributed by atoms with Crippen LogP contribution in [0.1, 0.15) is 35.3 Å². The van der Waals surface area contributed by atoms with Gasteiger partial charge < -0.3 is 9.84 Å². The maximum absolute atomic E-state index is 9.53. The van der Waals surface area contributed by atoms with Gasteiger partial charge >= 0.3 is 0 Å². The first-order chi connectivity index (χ1) is 9.60. The molecule has 0 saturated carbocycles. The number of aliphatic hydroxyl groups is 1. The molecule has 3 heteroatoms.